The second-order valence-corrected chi connectivity index (χ2v) is 11.4. The first-order valence-electron chi connectivity index (χ1n) is 13.3. The molecule has 1 aliphatic rings. The fourth-order valence-electron chi connectivity index (χ4n) is 4.49. The molecule has 8 nitrogen and oxygen atoms in total. The summed E-state index contributed by atoms with van der Waals surface area (Å²) in [6, 6.07) is 17.7. The Morgan fingerprint density at radius 1 is 0.902 bits per heavy atom. The minimum Gasteiger partial charge on any atom is -0.406 e. The predicted molar refractivity (Wildman–Crippen MR) is 148 cm³/mol. The van der Waals surface area contributed by atoms with Gasteiger partial charge < -0.3 is 20.2 Å². The summed E-state index contributed by atoms with van der Waals surface area (Å²) >= 11 is 0. The molecule has 0 aromatic heterocycles. The van der Waals surface area contributed by atoms with Crippen molar-refractivity contribution in [3.05, 3.63) is 84.4 Å². The minimum atomic E-state index is -4.86. The van der Waals surface area contributed by atoms with Gasteiger partial charge in [-0.25, -0.2) is 0 Å². The van der Waals surface area contributed by atoms with Crippen molar-refractivity contribution in [3.8, 4) is 11.5 Å². The fourth-order valence-corrected chi connectivity index (χ4v) is 5.75. The van der Waals surface area contributed by atoms with Crippen LogP contribution in [0.1, 0.15) is 42.5 Å². The highest BCUT2D eigenvalue weighted by Gasteiger charge is 2.31. The summed E-state index contributed by atoms with van der Waals surface area (Å²) < 4.78 is 69.1. The summed E-state index contributed by atoms with van der Waals surface area (Å²) in [6.45, 7) is 2.67. The molecule has 0 radical (unpaired) electrons. The van der Waals surface area contributed by atoms with E-state index < -0.39 is 22.1 Å². The quantitative estimate of drug-likeness (QED) is 0.208. The molecular weight excluding hydrogens is 559 g/mol. The Hall–Kier alpha value is -3.77. The summed E-state index contributed by atoms with van der Waals surface area (Å²) in [6.07, 6.45) is 0.576. The third-order valence-corrected chi connectivity index (χ3v) is 8.22. The van der Waals surface area contributed by atoms with Gasteiger partial charge in [-0.3, -0.25) is 4.79 Å². The molecule has 0 saturated carbocycles. The Labute approximate surface area is 237 Å². The van der Waals surface area contributed by atoms with Gasteiger partial charge in [-0.05, 0) is 98.9 Å². The van der Waals surface area contributed by atoms with Gasteiger partial charge in [0.1, 0.15) is 5.75 Å². The molecule has 41 heavy (non-hydrogen) atoms. The maximum Gasteiger partial charge on any atom is 0.573 e. The summed E-state index contributed by atoms with van der Waals surface area (Å²) in [4.78, 5) is 18.1. The number of hydrogen-bond acceptors (Lipinski definition) is 6. The lowest BCUT2D eigenvalue weighted by Gasteiger charge is -2.24. The number of halogens is 3. The Bertz CT molecular complexity index is 1360. The number of carbonyl (C=O) groups excluding carboxylic acids is 1. The SMILES string of the molecule is O=C(NCCCCC1CCNCC1)c1ccc(S(=O)(=O)N(Oc2ccc(OC(F)(F)F)cc2)c2ccccc2)cc1. The molecule has 12 heteroatoms. The number of benzene rings is 3. The van der Waals surface area contributed by atoms with Gasteiger partial charge in [0.05, 0.1) is 10.6 Å². The van der Waals surface area contributed by atoms with Gasteiger partial charge in [-0.15, -0.1) is 13.2 Å². The highest BCUT2D eigenvalue weighted by molar-refractivity contribution is 7.92. The van der Waals surface area contributed by atoms with Crippen LogP contribution in [-0.2, 0) is 10.0 Å². The number of carbonyl (C=O) groups is 1. The van der Waals surface area contributed by atoms with Gasteiger partial charge in [0.15, 0.2) is 5.75 Å². The number of nitrogens with zero attached hydrogens (tertiary/aromatic N) is 1. The van der Waals surface area contributed by atoms with E-state index in [-0.39, 0.29) is 22.2 Å². The van der Waals surface area contributed by atoms with Crippen molar-refractivity contribution in [2.75, 3.05) is 24.1 Å². The smallest absolute Gasteiger partial charge is 0.406 e. The first-order chi connectivity index (χ1) is 19.6. The molecule has 220 valence electrons. The third-order valence-electron chi connectivity index (χ3n) is 6.63. The Kier molecular flexibility index (Phi) is 10.1. The van der Waals surface area contributed by atoms with Gasteiger partial charge in [-0.2, -0.15) is 8.42 Å². The molecule has 3 aromatic rings. The number of hydrogen-bond donors (Lipinski definition) is 2. The molecule has 0 aliphatic carbocycles. The highest BCUT2D eigenvalue weighted by Crippen LogP contribution is 2.29. The molecule has 1 fully saturated rings. The summed E-state index contributed by atoms with van der Waals surface area (Å²) in [5.41, 5.74) is 0.476. The van der Waals surface area contributed by atoms with Gasteiger partial charge in [0.25, 0.3) is 15.9 Å². The average Bonchev–Trinajstić information content (AvgIpc) is 2.96. The van der Waals surface area contributed by atoms with Crippen molar-refractivity contribution in [3.63, 3.8) is 0 Å². The van der Waals surface area contributed by atoms with E-state index in [0.717, 1.165) is 62.5 Å². The lowest BCUT2D eigenvalue weighted by atomic mass is 9.92. The zero-order valence-electron chi connectivity index (χ0n) is 22.3. The molecule has 2 N–H and O–H groups in total. The summed E-state index contributed by atoms with van der Waals surface area (Å²) in [7, 11) is -4.31. The van der Waals surface area contributed by atoms with Crippen LogP contribution in [0.15, 0.2) is 83.8 Å². The van der Waals surface area contributed by atoms with Crippen LogP contribution in [0.3, 0.4) is 0 Å². The Balaban J connectivity index is 1.40. The lowest BCUT2D eigenvalue weighted by Crippen LogP contribution is -2.34. The minimum absolute atomic E-state index is 0.0388. The third kappa shape index (κ3) is 8.86. The number of unbranched alkanes of at least 4 members (excludes halogenated alkanes) is 1. The number of ether oxygens (including phenoxy) is 1. The van der Waals surface area contributed by atoms with E-state index in [1.54, 1.807) is 18.2 Å². The Morgan fingerprint density at radius 2 is 1.54 bits per heavy atom. The second kappa shape index (κ2) is 13.7. The molecule has 1 saturated heterocycles. The fraction of sp³-hybridized carbons (Fsp3) is 0.345. The van der Waals surface area contributed by atoms with Crippen LogP contribution in [0.4, 0.5) is 18.9 Å². The van der Waals surface area contributed by atoms with Crippen LogP contribution in [0.25, 0.3) is 0 Å². The molecule has 0 atom stereocenters. The lowest BCUT2D eigenvalue weighted by molar-refractivity contribution is -0.274. The van der Waals surface area contributed by atoms with Gasteiger partial charge in [0.2, 0.25) is 0 Å². The summed E-state index contributed by atoms with van der Waals surface area (Å²) in [5.74, 6) is -0.0745. The molecule has 1 aliphatic heterocycles. The van der Waals surface area contributed by atoms with Crippen LogP contribution < -0.4 is 24.7 Å². The number of anilines is 1. The zero-order chi connectivity index (χ0) is 29.3. The van der Waals surface area contributed by atoms with Crippen LogP contribution in [0.2, 0.25) is 0 Å². The van der Waals surface area contributed by atoms with E-state index in [2.05, 4.69) is 15.4 Å². The van der Waals surface area contributed by atoms with Crippen molar-refractivity contribution in [1.29, 1.82) is 0 Å². The number of amides is 1. The molecule has 4 rings (SSSR count). The topological polar surface area (TPSA) is 97.0 Å². The first kappa shape index (κ1) is 30.2. The number of sulfonamides is 1. The van der Waals surface area contributed by atoms with Crippen LogP contribution >= 0.6 is 0 Å². The van der Waals surface area contributed by atoms with Gasteiger partial charge in [-0.1, -0.05) is 35.5 Å². The molecule has 1 amide bonds. The van der Waals surface area contributed by atoms with Crippen molar-refractivity contribution in [2.24, 2.45) is 5.92 Å². The number of rotatable bonds is 12. The summed E-state index contributed by atoms with van der Waals surface area (Å²) in [5, 5.41) is 6.23. The van der Waals surface area contributed by atoms with E-state index in [1.807, 2.05) is 0 Å². The van der Waals surface area contributed by atoms with Crippen LogP contribution in [0.5, 0.6) is 11.5 Å². The maximum atomic E-state index is 13.6. The van der Waals surface area contributed by atoms with Gasteiger partial charge in [0, 0.05) is 12.1 Å². The Morgan fingerprint density at radius 3 is 2.17 bits per heavy atom. The molecule has 3 aromatic carbocycles. The molecule has 0 bridgehead atoms. The van der Waals surface area contributed by atoms with E-state index in [0.29, 0.717) is 16.6 Å². The van der Waals surface area contributed by atoms with Crippen molar-refractivity contribution >= 4 is 21.6 Å². The highest BCUT2D eigenvalue weighted by atomic mass is 32.2. The predicted octanol–water partition coefficient (Wildman–Crippen LogP) is 5.67. The standard InChI is InChI=1S/C29H32F3N3O5S/c30-29(31,32)39-25-11-13-26(14-12-25)40-35(24-7-2-1-3-8-24)41(37,38)27-15-9-23(10-16-27)28(36)34-19-5-4-6-22-17-20-33-21-18-22/h1-3,7-16,22,33H,4-6,17-21H2,(H,34,36). The number of piperidine rings is 1. The van der Waals surface area contributed by atoms with Crippen molar-refractivity contribution < 1.29 is 36.0 Å². The van der Waals surface area contributed by atoms with Crippen LogP contribution in [-0.4, -0.2) is 40.3 Å². The van der Waals surface area contributed by atoms with E-state index in [1.165, 1.54) is 49.2 Å². The molecule has 0 spiro atoms. The van der Waals surface area contributed by atoms with Crippen molar-refractivity contribution in [2.45, 2.75) is 43.4 Å². The van der Waals surface area contributed by atoms with Gasteiger partial charge >= 0.3 is 6.36 Å². The van der Waals surface area contributed by atoms with E-state index in [9.17, 15) is 26.4 Å². The molecule has 0 unspecified atom stereocenters. The first-order valence-corrected chi connectivity index (χ1v) is 14.8. The average molecular weight is 592 g/mol. The number of alkyl halides is 3. The second-order valence-electron chi connectivity index (χ2n) is 9.65. The van der Waals surface area contributed by atoms with Crippen LogP contribution in [0, 0.1) is 5.92 Å². The molecular formula is C29H32F3N3O5S. The monoisotopic (exact) mass is 591 g/mol. The zero-order valence-corrected chi connectivity index (χ0v) is 23.1. The van der Waals surface area contributed by atoms with Crippen molar-refractivity contribution in [1.82, 2.24) is 10.6 Å². The van der Waals surface area contributed by atoms with E-state index in [4.69, 9.17) is 4.84 Å². The maximum absolute atomic E-state index is 13.6. The van der Waals surface area contributed by atoms with E-state index >= 15 is 0 Å². The largest absolute Gasteiger partial charge is 0.573 e. The number of para-hydroxylation sites is 1. The number of nitrogens with one attached hydrogen (secondary N) is 2. The normalized spacial score (nSPS) is 14.3. The molecule has 1 heterocycles.